The summed E-state index contributed by atoms with van der Waals surface area (Å²) in [5.41, 5.74) is 8.10. The summed E-state index contributed by atoms with van der Waals surface area (Å²) in [5, 5.41) is 0. The Balaban J connectivity index is 2.37. The third-order valence-corrected chi connectivity index (χ3v) is 3.12. The lowest BCUT2D eigenvalue weighted by atomic mass is 10.1. The van der Waals surface area contributed by atoms with Crippen LogP contribution in [-0.2, 0) is 19.3 Å². The quantitative estimate of drug-likeness (QED) is 0.649. The van der Waals surface area contributed by atoms with E-state index in [0.29, 0.717) is 0 Å². The van der Waals surface area contributed by atoms with Crippen LogP contribution in [0.15, 0.2) is 0 Å². The largest absolute Gasteiger partial charge is 0.346 e. The van der Waals surface area contributed by atoms with Gasteiger partial charge in [0.2, 0.25) is 0 Å². The average Bonchev–Trinajstić information content (AvgIpc) is 2.72. The van der Waals surface area contributed by atoms with Gasteiger partial charge in [-0.15, -0.1) is 0 Å². The van der Waals surface area contributed by atoms with Gasteiger partial charge < -0.3 is 10.7 Å². The van der Waals surface area contributed by atoms with Gasteiger partial charge in [-0.1, -0.05) is 33.1 Å². The molecule has 0 amide bonds. The number of rotatable bonds is 9. The molecule has 0 fully saturated rings. The Morgan fingerprint density at radius 1 is 1.06 bits per heavy atom. The van der Waals surface area contributed by atoms with Gasteiger partial charge in [0.15, 0.2) is 0 Å². The fourth-order valence-corrected chi connectivity index (χ4v) is 2.16. The van der Waals surface area contributed by atoms with Crippen molar-refractivity contribution in [3.63, 3.8) is 0 Å². The average molecular weight is 237 g/mol. The van der Waals surface area contributed by atoms with Gasteiger partial charge in [-0.3, -0.25) is 0 Å². The van der Waals surface area contributed by atoms with Crippen LogP contribution in [0.2, 0.25) is 0 Å². The second-order valence-electron chi connectivity index (χ2n) is 4.67. The topological polar surface area (TPSA) is 54.7 Å². The van der Waals surface area contributed by atoms with E-state index in [1.54, 1.807) is 0 Å². The SMILES string of the molecule is CCCc1[nH]c(CCCCCCN)nc1CC. The Morgan fingerprint density at radius 2 is 1.82 bits per heavy atom. The lowest BCUT2D eigenvalue weighted by Crippen LogP contribution is -1.98. The predicted octanol–water partition coefficient (Wildman–Crippen LogP) is 2.99. The minimum absolute atomic E-state index is 0.821. The molecule has 0 unspecified atom stereocenters. The number of hydrogen-bond acceptors (Lipinski definition) is 2. The third-order valence-electron chi connectivity index (χ3n) is 3.12. The zero-order valence-electron chi connectivity index (χ0n) is 11.4. The van der Waals surface area contributed by atoms with Gasteiger partial charge in [-0.25, -0.2) is 4.98 Å². The summed E-state index contributed by atoms with van der Waals surface area (Å²) >= 11 is 0. The van der Waals surface area contributed by atoms with E-state index in [4.69, 9.17) is 5.73 Å². The Hall–Kier alpha value is -0.830. The van der Waals surface area contributed by atoms with E-state index in [1.807, 2.05) is 0 Å². The fraction of sp³-hybridized carbons (Fsp3) is 0.786. The fourth-order valence-electron chi connectivity index (χ4n) is 2.16. The van der Waals surface area contributed by atoms with E-state index >= 15 is 0 Å². The molecule has 0 saturated carbocycles. The minimum Gasteiger partial charge on any atom is -0.346 e. The van der Waals surface area contributed by atoms with Crippen LogP contribution in [0.1, 0.15) is 63.2 Å². The molecule has 0 aliphatic rings. The summed E-state index contributed by atoms with van der Waals surface area (Å²) in [6.07, 6.45) is 9.33. The standard InChI is InChI=1S/C14H27N3/c1-3-9-13-12(4-2)16-14(17-13)10-7-5-6-8-11-15/h3-11,15H2,1-2H3,(H,16,17). The molecular formula is C14H27N3. The highest BCUT2D eigenvalue weighted by molar-refractivity contribution is 5.15. The van der Waals surface area contributed by atoms with Crippen LogP contribution in [-0.4, -0.2) is 16.5 Å². The number of unbranched alkanes of at least 4 members (excludes halogenated alkanes) is 3. The van der Waals surface area contributed by atoms with Crippen molar-refractivity contribution in [2.75, 3.05) is 6.54 Å². The van der Waals surface area contributed by atoms with Crippen molar-refractivity contribution in [2.24, 2.45) is 5.73 Å². The van der Waals surface area contributed by atoms with Crippen molar-refractivity contribution in [1.82, 2.24) is 9.97 Å². The number of nitrogens with one attached hydrogen (secondary N) is 1. The van der Waals surface area contributed by atoms with Crippen molar-refractivity contribution in [3.8, 4) is 0 Å². The van der Waals surface area contributed by atoms with Crippen molar-refractivity contribution in [2.45, 2.75) is 65.2 Å². The predicted molar refractivity (Wildman–Crippen MR) is 73.2 cm³/mol. The maximum absolute atomic E-state index is 5.48. The maximum atomic E-state index is 5.48. The number of H-pyrrole nitrogens is 1. The second kappa shape index (κ2) is 8.29. The highest BCUT2D eigenvalue weighted by Gasteiger charge is 2.07. The van der Waals surface area contributed by atoms with E-state index < -0.39 is 0 Å². The zero-order chi connectivity index (χ0) is 12.5. The van der Waals surface area contributed by atoms with Crippen molar-refractivity contribution in [3.05, 3.63) is 17.2 Å². The van der Waals surface area contributed by atoms with Crippen LogP contribution >= 0.6 is 0 Å². The van der Waals surface area contributed by atoms with E-state index in [1.165, 1.54) is 42.9 Å². The normalized spacial score (nSPS) is 11.0. The highest BCUT2D eigenvalue weighted by Crippen LogP contribution is 2.12. The van der Waals surface area contributed by atoms with Crippen LogP contribution in [0, 0.1) is 0 Å². The minimum atomic E-state index is 0.821. The van der Waals surface area contributed by atoms with Gasteiger partial charge in [0, 0.05) is 12.1 Å². The monoisotopic (exact) mass is 237 g/mol. The lowest BCUT2D eigenvalue weighted by Gasteiger charge is -1.98. The molecule has 0 aliphatic heterocycles. The van der Waals surface area contributed by atoms with E-state index in [0.717, 1.165) is 32.2 Å². The molecule has 0 aliphatic carbocycles. The molecule has 17 heavy (non-hydrogen) atoms. The Bertz CT molecular complexity index is 304. The Morgan fingerprint density at radius 3 is 2.47 bits per heavy atom. The van der Waals surface area contributed by atoms with Crippen LogP contribution in [0.25, 0.3) is 0 Å². The molecule has 0 saturated heterocycles. The van der Waals surface area contributed by atoms with Gasteiger partial charge in [0.1, 0.15) is 5.82 Å². The number of nitrogens with two attached hydrogens (primary N) is 1. The number of aromatic nitrogens is 2. The van der Waals surface area contributed by atoms with E-state index in [2.05, 4.69) is 23.8 Å². The van der Waals surface area contributed by atoms with E-state index in [-0.39, 0.29) is 0 Å². The van der Waals surface area contributed by atoms with Gasteiger partial charge in [-0.2, -0.15) is 0 Å². The molecule has 3 N–H and O–H groups in total. The number of nitrogens with zero attached hydrogens (tertiary/aromatic N) is 1. The number of aryl methyl sites for hydroxylation is 3. The zero-order valence-corrected chi connectivity index (χ0v) is 11.4. The number of hydrogen-bond donors (Lipinski definition) is 2. The third kappa shape index (κ3) is 4.90. The van der Waals surface area contributed by atoms with Crippen LogP contribution in [0.3, 0.4) is 0 Å². The smallest absolute Gasteiger partial charge is 0.106 e. The molecule has 1 aromatic heterocycles. The summed E-state index contributed by atoms with van der Waals surface area (Å²) in [5.74, 6) is 1.18. The van der Waals surface area contributed by atoms with Gasteiger partial charge >= 0.3 is 0 Å². The first-order valence-corrected chi connectivity index (χ1v) is 7.08. The number of imidazole rings is 1. The number of aromatic amines is 1. The molecule has 98 valence electrons. The van der Waals surface area contributed by atoms with Crippen LogP contribution < -0.4 is 5.73 Å². The molecule has 0 bridgehead atoms. The van der Waals surface area contributed by atoms with E-state index in [9.17, 15) is 0 Å². The maximum Gasteiger partial charge on any atom is 0.106 e. The molecule has 3 nitrogen and oxygen atoms in total. The summed E-state index contributed by atoms with van der Waals surface area (Å²) in [7, 11) is 0. The second-order valence-corrected chi connectivity index (χ2v) is 4.67. The Labute approximate surface area is 105 Å². The molecule has 0 aromatic carbocycles. The molecule has 1 heterocycles. The first-order chi connectivity index (χ1) is 8.31. The van der Waals surface area contributed by atoms with Crippen LogP contribution in [0.4, 0.5) is 0 Å². The van der Waals surface area contributed by atoms with Crippen LogP contribution in [0.5, 0.6) is 0 Å². The molecule has 1 aromatic rings. The summed E-state index contributed by atoms with van der Waals surface area (Å²) in [6.45, 7) is 5.22. The summed E-state index contributed by atoms with van der Waals surface area (Å²) < 4.78 is 0. The van der Waals surface area contributed by atoms with Gasteiger partial charge in [0.25, 0.3) is 0 Å². The molecular weight excluding hydrogens is 210 g/mol. The van der Waals surface area contributed by atoms with Crippen molar-refractivity contribution >= 4 is 0 Å². The van der Waals surface area contributed by atoms with Crippen molar-refractivity contribution in [1.29, 1.82) is 0 Å². The van der Waals surface area contributed by atoms with Gasteiger partial charge in [-0.05, 0) is 32.2 Å². The lowest BCUT2D eigenvalue weighted by molar-refractivity contribution is 0.637. The molecule has 0 atom stereocenters. The first kappa shape index (κ1) is 14.2. The van der Waals surface area contributed by atoms with Crippen molar-refractivity contribution < 1.29 is 0 Å². The molecule has 0 spiro atoms. The highest BCUT2D eigenvalue weighted by atomic mass is 14.9. The Kier molecular flexibility index (Phi) is 6.94. The van der Waals surface area contributed by atoms with Gasteiger partial charge in [0.05, 0.1) is 5.69 Å². The first-order valence-electron chi connectivity index (χ1n) is 7.08. The molecule has 0 radical (unpaired) electrons. The summed E-state index contributed by atoms with van der Waals surface area (Å²) in [6, 6.07) is 0. The molecule has 3 heteroatoms. The summed E-state index contributed by atoms with van der Waals surface area (Å²) in [4.78, 5) is 8.17. The molecule has 1 rings (SSSR count).